The summed E-state index contributed by atoms with van der Waals surface area (Å²) in [6.07, 6.45) is 7.01. The second-order valence-corrected chi connectivity index (χ2v) is 5.96. The molecule has 0 aromatic carbocycles. The molecule has 62 valence electrons. The topological polar surface area (TPSA) is 0 Å². The molecule has 2 heteroatoms. The molecule has 0 bridgehead atoms. The normalized spacial score (nSPS) is 10.8. The van der Waals surface area contributed by atoms with Crippen molar-refractivity contribution in [1.82, 2.24) is 0 Å². The Balaban J connectivity index is 3.09. The summed E-state index contributed by atoms with van der Waals surface area (Å²) in [5.41, 5.74) is 0. The molecule has 10 heavy (non-hydrogen) atoms. The first kappa shape index (κ1) is 10.8. The van der Waals surface area contributed by atoms with E-state index in [2.05, 4.69) is 26.5 Å². The molecule has 0 saturated carbocycles. The predicted molar refractivity (Wildman–Crippen MR) is 56.0 cm³/mol. The second-order valence-electron chi connectivity index (χ2n) is 2.46. The van der Waals surface area contributed by atoms with Crippen molar-refractivity contribution in [3.63, 3.8) is 0 Å². The van der Waals surface area contributed by atoms with Crippen LogP contribution in [0.3, 0.4) is 0 Å². The maximum Gasteiger partial charge on any atom is -0.00978 e. The Labute approximate surface area is 71.9 Å². The molecular formula is C8H19PS. The van der Waals surface area contributed by atoms with E-state index in [1.807, 2.05) is 0 Å². The predicted octanol–water partition coefficient (Wildman–Crippen LogP) is 3.22. The van der Waals surface area contributed by atoms with Gasteiger partial charge in [-0.1, -0.05) is 13.8 Å². The Hall–Kier alpha value is 0.780. The van der Waals surface area contributed by atoms with E-state index in [4.69, 9.17) is 0 Å². The maximum atomic E-state index is 4.19. The van der Waals surface area contributed by atoms with Gasteiger partial charge in [0, 0.05) is 0 Å². The monoisotopic (exact) mass is 178 g/mol. The molecule has 0 saturated heterocycles. The molecule has 0 nitrogen and oxygen atoms in total. The first-order valence-electron chi connectivity index (χ1n) is 4.18. The van der Waals surface area contributed by atoms with Gasteiger partial charge >= 0.3 is 0 Å². The lowest BCUT2D eigenvalue weighted by Crippen LogP contribution is -1.90. The van der Waals surface area contributed by atoms with E-state index in [0.29, 0.717) is 7.92 Å². The molecule has 0 atom stereocenters. The minimum atomic E-state index is 0.398. The van der Waals surface area contributed by atoms with Gasteiger partial charge in [0.25, 0.3) is 0 Å². The third-order valence-electron chi connectivity index (χ3n) is 1.78. The Bertz CT molecular complexity index is 62.3. The van der Waals surface area contributed by atoms with Crippen molar-refractivity contribution in [2.45, 2.75) is 26.7 Å². The first-order chi connectivity index (χ1) is 4.85. The average Bonchev–Trinajstić information content (AvgIpc) is 1.99. The molecule has 0 aliphatic carbocycles. The van der Waals surface area contributed by atoms with Gasteiger partial charge in [0.15, 0.2) is 0 Å². The van der Waals surface area contributed by atoms with Crippen molar-refractivity contribution in [3.05, 3.63) is 0 Å². The van der Waals surface area contributed by atoms with Crippen molar-refractivity contribution in [1.29, 1.82) is 0 Å². The zero-order chi connectivity index (χ0) is 7.82. The molecular weight excluding hydrogens is 159 g/mol. The lowest BCUT2D eigenvalue weighted by molar-refractivity contribution is 0.902. The molecule has 0 heterocycles. The van der Waals surface area contributed by atoms with Crippen LogP contribution in [0.2, 0.25) is 0 Å². The van der Waals surface area contributed by atoms with Crippen molar-refractivity contribution >= 4 is 20.6 Å². The van der Waals surface area contributed by atoms with Crippen molar-refractivity contribution in [2.75, 3.05) is 24.2 Å². The lowest BCUT2D eigenvalue weighted by atomic mass is 10.4. The van der Waals surface area contributed by atoms with Gasteiger partial charge < -0.3 is 0 Å². The minimum Gasteiger partial charge on any atom is -0.179 e. The van der Waals surface area contributed by atoms with Crippen LogP contribution in [-0.4, -0.2) is 24.2 Å². The Kier molecular flexibility index (Phi) is 8.50. The Morgan fingerprint density at radius 2 is 1.70 bits per heavy atom. The number of unbranched alkanes of at least 4 members (excludes halogenated alkanes) is 1. The highest BCUT2D eigenvalue weighted by Crippen LogP contribution is 2.34. The van der Waals surface area contributed by atoms with E-state index in [9.17, 15) is 0 Å². The van der Waals surface area contributed by atoms with Gasteiger partial charge in [-0.15, -0.1) is 7.92 Å². The maximum absolute atomic E-state index is 4.19. The van der Waals surface area contributed by atoms with Gasteiger partial charge in [0.2, 0.25) is 0 Å². The van der Waals surface area contributed by atoms with Crippen LogP contribution in [0.25, 0.3) is 0 Å². The molecule has 0 aliphatic heterocycles. The molecule has 0 rings (SSSR count). The second kappa shape index (κ2) is 7.88. The zero-order valence-electron chi connectivity index (χ0n) is 7.14. The first-order valence-corrected chi connectivity index (χ1v) is 6.71. The van der Waals surface area contributed by atoms with Gasteiger partial charge in [-0.2, -0.15) is 12.6 Å². The van der Waals surface area contributed by atoms with Crippen LogP contribution in [0, 0.1) is 0 Å². The molecule has 0 aromatic rings. The molecule has 0 amide bonds. The Morgan fingerprint density at radius 1 is 1.10 bits per heavy atom. The summed E-state index contributed by atoms with van der Waals surface area (Å²) >= 11 is 4.19. The molecule has 0 radical (unpaired) electrons. The highest BCUT2D eigenvalue weighted by Gasteiger charge is 1.99. The van der Waals surface area contributed by atoms with Crippen molar-refractivity contribution < 1.29 is 0 Å². The average molecular weight is 178 g/mol. The quantitative estimate of drug-likeness (QED) is 0.360. The summed E-state index contributed by atoms with van der Waals surface area (Å²) in [6.45, 7) is 4.63. The molecule has 0 fully saturated rings. The summed E-state index contributed by atoms with van der Waals surface area (Å²) in [7, 11) is 0.398. The summed E-state index contributed by atoms with van der Waals surface area (Å²) in [6, 6.07) is 0. The fourth-order valence-corrected chi connectivity index (χ4v) is 2.96. The number of hydrogen-bond donors (Lipinski definition) is 1. The largest absolute Gasteiger partial charge is 0.179 e. The molecule has 0 spiro atoms. The van der Waals surface area contributed by atoms with Crippen LogP contribution < -0.4 is 0 Å². The number of thiol groups is 1. The Morgan fingerprint density at radius 3 is 2.10 bits per heavy atom. The standard InChI is InChI=1S/C8H19PS/c1-3-9(4-2)7-5-6-8-10/h10H,3-8H2,1-2H3. The van der Waals surface area contributed by atoms with E-state index in [-0.39, 0.29) is 0 Å². The SMILES string of the molecule is CCP(CC)CCCCS. The van der Waals surface area contributed by atoms with E-state index in [1.165, 1.54) is 31.3 Å². The van der Waals surface area contributed by atoms with Gasteiger partial charge in [0.05, 0.1) is 0 Å². The van der Waals surface area contributed by atoms with Gasteiger partial charge in [-0.05, 0) is 37.1 Å². The highest BCUT2D eigenvalue weighted by atomic mass is 32.1. The summed E-state index contributed by atoms with van der Waals surface area (Å²) in [5, 5.41) is 0. The van der Waals surface area contributed by atoms with Crippen LogP contribution in [0.1, 0.15) is 26.7 Å². The van der Waals surface area contributed by atoms with Crippen molar-refractivity contribution in [3.8, 4) is 0 Å². The molecule has 0 aliphatic rings. The third-order valence-corrected chi connectivity index (χ3v) is 4.83. The van der Waals surface area contributed by atoms with Gasteiger partial charge in [-0.25, -0.2) is 0 Å². The fourth-order valence-electron chi connectivity index (χ4n) is 0.987. The van der Waals surface area contributed by atoms with Crippen LogP contribution in [0.4, 0.5) is 0 Å². The van der Waals surface area contributed by atoms with Crippen molar-refractivity contribution in [2.24, 2.45) is 0 Å². The van der Waals surface area contributed by atoms with E-state index in [0.717, 1.165) is 5.75 Å². The lowest BCUT2D eigenvalue weighted by Gasteiger charge is -2.11. The summed E-state index contributed by atoms with van der Waals surface area (Å²) in [4.78, 5) is 0. The van der Waals surface area contributed by atoms with Crippen LogP contribution >= 0.6 is 20.6 Å². The van der Waals surface area contributed by atoms with E-state index < -0.39 is 0 Å². The van der Waals surface area contributed by atoms with E-state index >= 15 is 0 Å². The van der Waals surface area contributed by atoms with Gasteiger partial charge in [-0.3, -0.25) is 0 Å². The van der Waals surface area contributed by atoms with Crippen LogP contribution in [0.5, 0.6) is 0 Å². The number of rotatable bonds is 6. The molecule has 0 unspecified atom stereocenters. The summed E-state index contributed by atoms with van der Waals surface area (Å²) < 4.78 is 0. The number of hydrogen-bond acceptors (Lipinski definition) is 1. The smallest absolute Gasteiger partial charge is 0.00978 e. The highest BCUT2D eigenvalue weighted by molar-refractivity contribution is 7.80. The van der Waals surface area contributed by atoms with E-state index in [1.54, 1.807) is 0 Å². The fraction of sp³-hybridized carbons (Fsp3) is 1.00. The summed E-state index contributed by atoms with van der Waals surface area (Å²) in [5.74, 6) is 1.07. The minimum absolute atomic E-state index is 0.398. The van der Waals surface area contributed by atoms with Gasteiger partial charge in [0.1, 0.15) is 0 Å². The zero-order valence-corrected chi connectivity index (χ0v) is 8.93. The molecule has 0 aromatic heterocycles. The molecule has 0 N–H and O–H groups in total. The third kappa shape index (κ3) is 5.56. The van der Waals surface area contributed by atoms with Crippen LogP contribution in [0.15, 0.2) is 0 Å². The van der Waals surface area contributed by atoms with Crippen LogP contribution in [-0.2, 0) is 0 Å².